The lowest BCUT2D eigenvalue weighted by Gasteiger charge is -2.42. The standard InChI is InChI=1S/C19H39NO/c1-4-5-6-7-8-9-10-11-12-18(20)19(21-3)15-13-17(2)14-16-19/h17-18H,4-16,20H2,1-3H3. The number of nitrogens with two attached hydrogens (primary N) is 1. The quantitative estimate of drug-likeness (QED) is 0.515. The Kier molecular flexibility index (Phi) is 9.59. The molecule has 0 aliphatic heterocycles. The summed E-state index contributed by atoms with van der Waals surface area (Å²) in [6.45, 7) is 4.63. The summed E-state index contributed by atoms with van der Waals surface area (Å²) in [6, 6.07) is 0.232. The molecule has 1 atom stereocenters. The van der Waals surface area contributed by atoms with Crippen molar-refractivity contribution in [3.63, 3.8) is 0 Å². The molecule has 0 amide bonds. The fourth-order valence-corrected chi connectivity index (χ4v) is 3.74. The number of hydrogen-bond donors (Lipinski definition) is 1. The van der Waals surface area contributed by atoms with Crippen molar-refractivity contribution in [3.8, 4) is 0 Å². The Morgan fingerprint density at radius 3 is 2.05 bits per heavy atom. The molecule has 0 saturated heterocycles. The lowest BCUT2D eigenvalue weighted by Crippen LogP contribution is -2.51. The second kappa shape index (κ2) is 10.6. The van der Waals surface area contributed by atoms with Crippen molar-refractivity contribution in [2.75, 3.05) is 7.11 Å². The third-order valence-corrected chi connectivity index (χ3v) is 5.57. The van der Waals surface area contributed by atoms with Crippen molar-refractivity contribution in [2.45, 2.75) is 109 Å². The Morgan fingerprint density at radius 1 is 1.00 bits per heavy atom. The van der Waals surface area contributed by atoms with Crippen LogP contribution in [-0.2, 0) is 4.74 Å². The molecule has 2 N–H and O–H groups in total. The summed E-state index contributed by atoms with van der Waals surface area (Å²) in [5.41, 5.74) is 6.47. The van der Waals surface area contributed by atoms with Gasteiger partial charge in [0.05, 0.1) is 5.60 Å². The highest BCUT2D eigenvalue weighted by molar-refractivity contribution is 4.94. The second-order valence-electron chi connectivity index (χ2n) is 7.32. The van der Waals surface area contributed by atoms with Crippen LogP contribution in [0, 0.1) is 5.92 Å². The predicted molar refractivity (Wildman–Crippen MR) is 92.6 cm³/mol. The van der Waals surface area contributed by atoms with E-state index in [4.69, 9.17) is 10.5 Å². The number of hydrogen-bond acceptors (Lipinski definition) is 2. The highest BCUT2D eigenvalue weighted by Crippen LogP contribution is 2.37. The predicted octanol–water partition coefficient (Wildman–Crippen LogP) is 5.44. The van der Waals surface area contributed by atoms with E-state index in [1.54, 1.807) is 0 Å². The van der Waals surface area contributed by atoms with Gasteiger partial charge in [-0.25, -0.2) is 0 Å². The molecule has 126 valence electrons. The molecular weight excluding hydrogens is 258 g/mol. The fourth-order valence-electron chi connectivity index (χ4n) is 3.74. The largest absolute Gasteiger partial charge is 0.377 e. The van der Waals surface area contributed by atoms with Gasteiger partial charge in [0.1, 0.15) is 0 Å². The summed E-state index contributed by atoms with van der Waals surface area (Å²) in [5, 5.41) is 0. The van der Waals surface area contributed by atoms with Crippen LogP contribution < -0.4 is 5.73 Å². The Bertz CT molecular complexity index is 246. The monoisotopic (exact) mass is 297 g/mol. The average Bonchev–Trinajstić information content (AvgIpc) is 2.51. The van der Waals surface area contributed by atoms with E-state index in [0.717, 1.165) is 25.2 Å². The molecule has 2 heteroatoms. The van der Waals surface area contributed by atoms with E-state index >= 15 is 0 Å². The maximum Gasteiger partial charge on any atom is 0.0829 e. The van der Waals surface area contributed by atoms with Crippen LogP contribution in [0.1, 0.15) is 97.3 Å². The zero-order valence-electron chi connectivity index (χ0n) is 14.8. The number of ether oxygens (including phenoxy) is 1. The normalized spacial score (nSPS) is 27.7. The fraction of sp³-hybridized carbons (Fsp3) is 1.00. The zero-order chi connectivity index (χ0) is 15.6. The SMILES string of the molecule is CCCCCCCCCCC(N)C1(OC)CCC(C)CC1. The molecule has 1 saturated carbocycles. The Balaban J connectivity index is 2.13. The second-order valence-corrected chi connectivity index (χ2v) is 7.32. The van der Waals surface area contributed by atoms with Gasteiger partial charge in [-0.2, -0.15) is 0 Å². The molecule has 0 heterocycles. The Morgan fingerprint density at radius 2 is 1.52 bits per heavy atom. The van der Waals surface area contributed by atoms with E-state index in [1.165, 1.54) is 64.2 Å². The molecular formula is C19H39NO. The van der Waals surface area contributed by atoms with E-state index in [9.17, 15) is 0 Å². The number of methoxy groups -OCH3 is 1. The van der Waals surface area contributed by atoms with Crippen molar-refractivity contribution in [2.24, 2.45) is 11.7 Å². The molecule has 0 radical (unpaired) electrons. The minimum atomic E-state index is -0.0202. The average molecular weight is 298 g/mol. The van der Waals surface area contributed by atoms with Crippen LogP contribution >= 0.6 is 0 Å². The van der Waals surface area contributed by atoms with E-state index in [1.807, 2.05) is 7.11 Å². The molecule has 0 aromatic carbocycles. The molecule has 1 rings (SSSR count). The molecule has 1 aliphatic rings. The van der Waals surface area contributed by atoms with Gasteiger partial charge < -0.3 is 10.5 Å². The van der Waals surface area contributed by atoms with Crippen LogP contribution in [0.3, 0.4) is 0 Å². The summed E-state index contributed by atoms with van der Waals surface area (Å²) in [6.07, 6.45) is 17.0. The van der Waals surface area contributed by atoms with Crippen molar-refractivity contribution < 1.29 is 4.74 Å². The maximum absolute atomic E-state index is 6.49. The Labute approximate surface area is 133 Å². The lowest BCUT2D eigenvalue weighted by atomic mass is 9.74. The van der Waals surface area contributed by atoms with Gasteiger partial charge >= 0.3 is 0 Å². The number of unbranched alkanes of at least 4 members (excludes halogenated alkanes) is 7. The van der Waals surface area contributed by atoms with Crippen molar-refractivity contribution in [1.29, 1.82) is 0 Å². The molecule has 0 aromatic rings. The molecule has 21 heavy (non-hydrogen) atoms. The molecule has 1 fully saturated rings. The van der Waals surface area contributed by atoms with Gasteiger partial charge in [-0.05, 0) is 38.0 Å². The molecule has 0 aromatic heterocycles. The minimum Gasteiger partial charge on any atom is -0.377 e. The molecule has 2 nitrogen and oxygen atoms in total. The van der Waals surface area contributed by atoms with Crippen molar-refractivity contribution in [3.05, 3.63) is 0 Å². The first-order chi connectivity index (χ1) is 10.1. The summed E-state index contributed by atoms with van der Waals surface area (Å²) >= 11 is 0. The van der Waals surface area contributed by atoms with Crippen LogP contribution in [-0.4, -0.2) is 18.8 Å². The smallest absolute Gasteiger partial charge is 0.0829 e. The van der Waals surface area contributed by atoms with Gasteiger partial charge in [0.15, 0.2) is 0 Å². The lowest BCUT2D eigenvalue weighted by molar-refractivity contribution is -0.0680. The van der Waals surface area contributed by atoms with Crippen LogP contribution in [0.25, 0.3) is 0 Å². The summed E-state index contributed by atoms with van der Waals surface area (Å²) in [7, 11) is 1.86. The van der Waals surface area contributed by atoms with Crippen LogP contribution in [0.4, 0.5) is 0 Å². The van der Waals surface area contributed by atoms with E-state index < -0.39 is 0 Å². The third kappa shape index (κ3) is 6.69. The minimum absolute atomic E-state index is 0.0202. The van der Waals surface area contributed by atoms with Gasteiger partial charge in [-0.1, -0.05) is 65.2 Å². The Hall–Kier alpha value is -0.0800. The van der Waals surface area contributed by atoms with E-state index in [0.29, 0.717) is 0 Å². The van der Waals surface area contributed by atoms with E-state index in [-0.39, 0.29) is 11.6 Å². The van der Waals surface area contributed by atoms with Gasteiger partial charge in [-0.3, -0.25) is 0 Å². The van der Waals surface area contributed by atoms with Gasteiger partial charge in [0.25, 0.3) is 0 Å². The zero-order valence-corrected chi connectivity index (χ0v) is 14.8. The summed E-state index contributed by atoms with van der Waals surface area (Å²) in [5.74, 6) is 0.851. The van der Waals surface area contributed by atoms with Crippen molar-refractivity contribution >= 4 is 0 Å². The van der Waals surface area contributed by atoms with Crippen LogP contribution in [0.15, 0.2) is 0 Å². The summed E-state index contributed by atoms with van der Waals surface area (Å²) < 4.78 is 5.89. The van der Waals surface area contributed by atoms with Crippen LogP contribution in [0.5, 0.6) is 0 Å². The van der Waals surface area contributed by atoms with E-state index in [2.05, 4.69) is 13.8 Å². The first kappa shape index (κ1) is 19.0. The maximum atomic E-state index is 6.49. The van der Waals surface area contributed by atoms with Gasteiger partial charge in [0, 0.05) is 13.2 Å². The number of rotatable bonds is 11. The van der Waals surface area contributed by atoms with Crippen molar-refractivity contribution in [1.82, 2.24) is 0 Å². The van der Waals surface area contributed by atoms with Crippen LogP contribution in [0.2, 0.25) is 0 Å². The summed E-state index contributed by atoms with van der Waals surface area (Å²) in [4.78, 5) is 0. The molecule has 1 aliphatic carbocycles. The molecule has 1 unspecified atom stereocenters. The van der Waals surface area contributed by atoms with Gasteiger partial charge in [0.2, 0.25) is 0 Å². The highest BCUT2D eigenvalue weighted by Gasteiger charge is 2.39. The van der Waals surface area contributed by atoms with Gasteiger partial charge in [-0.15, -0.1) is 0 Å². The molecule has 0 bridgehead atoms. The first-order valence-electron chi connectivity index (χ1n) is 9.45. The molecule has 0 spiro atoms. The first-order valence-corrected chi connectivity index (χ1v) is 9.45. The highest BCUT2D eigenvalue weighted by atomic mass is 16.5. The third-order valence-electron chi connectivity index (χ3n) is 5.57. The topological polar surface area (TPSA) is 35.2 Å².